The highest BCUT2D eigenvalue weighted by molar-refractivity contribution is 5.86. The normalized spacial score (nSPS) is 17.2. The number of rotatable bonds is 5. The smallest absolute Gasteiger partial charge is 0.344 e. The Labute approximate surface area is 175 Å². The number of piperidine rings is 1. The van der Waals surface area contributed by atoms with E-state index in [9.17, 15) is 9.90 Å². The first-order chi connectivity index (χ1) is 14.5. The molecule has 4 rings (SSSR count). The van der Waals surface area contributed by atoms with Gasteiger partial charge in [-0.25, -0.2) is 4.79 Å². The van der Waals surface area contributed by atoms with Gasteiger partial charge in [-0.2, -0.15) is 0 Å². The van der Waals surface area contributed by atoms with Gasteiger partial charge in [-0.1, -0.05) is 13.0 Å². The molecule has 0 radical (unpaired) electrons. The summed E-state index contributed by atoms with van der Waals surface area (Å²) in [7, 11) is 3.13. The van der Waals surface area contributed by atoms with Gasteiger partial charge in [-0.15, -0.1) is 0 Å². The summed E-state index contributed by atoms with van der Waals surface area (Å²) in [4.78, 5) is 15.2. The minimum Gasteiger partial charge on any atom is -0.507 e. The quantitative estimate of drug-likeness (QED) is 0.629. The number of phenolic OH excluding ortho intramolecular Hbond substituents is 1. The predicted octanol–water partition coefficient (Wildman–Crippen LogP) is 4.41. The second-order valence-electron chi connectivity index (χ2n) is 7.98. The Morgan fingerprint density at radius 2 is 1.93 bits per heavy atom. The first-order valence-electron chi connectivity index (χ1n) is 10.2. The van der Waals surface area contributed by atoms with E-state index in [1.807, 2.05) is 6.07 Å². The molecule has 2 aromatic carbocycles. The lowest BCUT2D eigenvalue weighted by Gasteiger charge is -2.31. The molecule has 1 atom stereocenters. The van der Waals surface area contributed by atoms with Crippen LogP contribution in [0.1, 0.15) is 25.3 Å². The van der Waals surface area contributed by atoms with Gasteiger partial charge in [0.2, 0.25) is 0 Å². The van der Waals surface area contributed by atoms with Crippen molar-refractivity contribution in [1.29, 1.82) is 0 Å². The molecule has 30 heavy (non-hydrogen) atoms. The average Bonchev–Trinajstić information content (AvgIpc) is 2.75. The zero-order valence-corrected chi connectivity index (χ0v) is 17.6. The molecule has 1 fully saturated rings. The lowest BCUT2D eigenvalue weighted by atomic mass is 9.99. The molecule has 0 bridgehead atoms. The predicted molar refractivity (Wildman–Crippen MR) is 116 cm³/mol. The molecule has 1 N–H and O–H groups in total. The van der Waals surface area contributed by atoms with Gasteiger partial charge in [0, 0.05) is 18.5 Å². The summed E-state index contributed by atoms with van der Waals surface area (Å²) in [5.41, 5.74) is 1.78. The summed E-state index contributed by atoms with van der Waals surface area (Å²) in [6.45, 7) is 4.76. The average molecular weight is 409 g/mol. The van der Waals surface area contributed by atoms with Crippen molar-refractivity contribution in [2.75, 3.05) is 27.3 Å². The molecule has 6 heteroatoms. The fourth-order valence-electron chi connectivity index (χ4n) is 4.24. The van der Waals surface area contributed by atoms with Gasteiger partial charge in [-0.05, 0) is 61.2 Å². The molecule has 0 unspecified atom stereocenters. The molecular formula is C24H27NO5. The molecule has 0 amide bonds. The van der Waals surface area contributed by atoms with Crippen LogP contribution in [0.25, 0.3) is 22.1 Å². The molecule has 0 saturated carbocycles. The fraction of sp³-hybridized carbons (Fsp3) is 0.375. The standard InChI is InChI=1S/C24H27NO5/c1-15-5-4-10-25(13-15)14-19-20(26)8-6-17-11-18(24(27)30-23(17)19)16-7-9-21(28-2)22(12-16)29-3/h6-9,11-12,15,26H,4-5,10,13-14H2,1-3H3/t15-/m0/s1. The Morgan fingerprint density at radius 1 is 1.13 bits per heavy atom. The van der Waals surface area contributed by atoms with Crippen LogP contribution in [0.4, 0.5) is 0 Å². The minimum atomic E-state index is -0.450. The van der Waals surface area contributed by atoms with E-state index in [0.717, 1.165) is 24.9 Å². The van der Waals surface area contributed by atoms with Crippen LogP contribution in [0.5, 0.6) is 17.2 Å². The second kappa shape index (κ2) is 8.40. The van der Waals surface area contributed by atoms with Crippen LogP contribution in [0, 0.1) is 5.92 Å². The number of likely N-dealkylation sites (tertiary alicyclic amines) is 1. The van der Waals surface area contributed by atoms with Crippen molar-refractivity contribution < 1.29 is 19.0 Å². The zero-order chi connectivity index (χ0) is 21.3. The van der Waals surface area contributed by atoms with E-state index >= 15 is 0 Å². The van der Waals surface area contributed by atoms with Crippen LogP contribution in [-0.2, 0) is 6.54 Å². The number of aromatic hydroxyl groups is 1. The number of phenols is 1. The van der Waals surface area contributed by atoms with E-state index in [-0.39, 0.29) is 5.75 Å². The molecule has 158 valence electrons. The number of benzene rings is 2. The van der Waals surface area contributed by atoms with Crippen molar-refractivity contribution in [2.45, 2.75) is 26.3 Å². The molecule has 1 aromatic heterocycles. The Balaban J connectivity index is 1.76. The van der Waals surface area contributed by atoms with Crippen LogP contribution < -0.4 is 15.1 Å². The van der Waals surface area contributed by atoms with E-state index < -0.39 is 5.63 Å². The van der Waals surface area contributed by atoms with E-state index in [0.29, 0.717) is 46.2 Å². The summed E-state index contributed by atoms with van der Waals surface area (Å²) in [6, 6.07) is 10.6. The van der Waals surface area contributed by atoms with Gasteiger partial charge >= 0.3 is 5.63 Å². The highest BCUT2D eigenvalue weighted by Gasteiger charge is 2.21. The van der Waals surface area contributed by atoms with Crippen LogP contribution in [-0.4, -0.2) is 37.3 Å². The van der Waals surface area contributed by atoms with Gasteiger partial charge in [-0.3, -0.25) is 4.90 Å². The number of hydrogen-bond acceptors (Lipinski definition) is 6. The number of fused-ring (bicyclic) bond motifs is 1. The number of ether oxygens (including phenoxy) is 2. The van der Waals surface area contributed by atoms with Crippen LogP contribution in [0.2, 0.25) is 0 Å². The second-order valence-corrected chi connectivity index (χ2v) is 7.98. The van der Waals surface area contributed by atoms with E-state index in [4.69, 9.17) is 13.9 Å². The summed E-state index contributed by atoms with van der Waals surface area (Å²) in [5, 5.41) is 11.3. The summed E-state index contributed by atoms with van der Waals surface area (Å²) >= 11 is 0. The lowest BCUT2D eigenvalue weighted by Crippen LogP contribution is -2.33. The minimum absolute atomic E-state index is 0.155. The van der Waals surface area contributed by atoms with Crippen molar-refractivity contribution in [3.05, 3.63) is 52.4 Å². The van der Waals surface area contributed by atoms with Crippen molar-refractivity contribution in [1.82, 2.24) is 4.90 Å². The maximum Gasteiger partial charge on any atom is 0.344 e. The Hall–Kier alpha value is -2.99. The zero-order valence-electron chi connectivity index (χ0n) is 17.6. The summed E-state index contributed by atoms with van der Waals surface area (Å²) in [6.07, 6.45) is 2.36. The van der Waals surface area contributed by atoms with Crippen molar-refractivity contribution in [2.24, 2.45) is 5.92 Å². The third-order valence-electron chi connectivity index (χ3n) is 5.80. The van der Waals surface area contributed by atoms with Gasteiger partial charge in [0.15, 0.2) is 11.5 Å². The number of nitrogens with zero attached hydrogens (tertiary/aromatic N) is 1. The first-order valence-corrected chi connectivity index (χ1v) is 10.2. The molecule has 1 saturated heterocycles. The molecule has 1 aliphatic heterocycles. The Kier molecular flexibility index (Phi) is 5.68. The molecule has 1 aliphatic rings. The third kappa shape index (κ3) is 3.87. The number of hydrogen-bond donors (Lipinski definition) is 1. The topological polar surface area (TPSA) is 72.1 Å². The Morgan fingerprint density at radius 3 is 2.67 bits per heavy atom. The van der Waals surface area contributed by atoms with Crippen molar-refractivity contribution in [3.8, 4) is 28.4 Å². The molecule has 3 aromatic rings. The molecule has 2 heterocycles. The van der Waals surface area contributed by atoms with Crippen molar-refractivity contribution in [3.63, 3.8) is 0 Å². The summed E-state index contributed by atoms with van der Waals surface area (Å²) in [5.74, 6) is 1.91. The maximum absolute atomic E-state index is 12.9. The molecule has 0 aliphatic carbocycles. The third-order valence-corrected chi connectivity index (χ3v) is 5.80. The van der Waals surface area contributed by atoms with Crippen LogP contribution >= 0.6 is 0 Å². The van der Waals surface area contributed by atoms with Crippen molar-refractivity contribution >= 4 is 11.0 Å². The SMILES string of the molecule is COc1ccc(-c2cc3ccc(O)c(CN4CCC[C@H](C)C4)c3oc2=O)cc1OC. The Bertz CT molecular complexity index is 1120. The highest BCUT2D eigenvalue weighted by Crippen LogP contribution is 2.34. The van der Waals surface area contributed by atoms with Gasteiger partial charge in [0.05, 0.1) is 25.3 Å². The molecule has 6 nitrogen and oxygen atoms in total. The lowest BCUT2D eigenvalue weighted by molar-refractivity contribution is 0.175. The molecular weight excluding hydrogens is 382 g/mol. The highest BCUT2D eigenvalue weighted by atomic mass is 16.5. The molecule has 0 spiro atoms. The summed E-state index contributed by atoms with van der Waals surface area (Å²) < 4.78 is 16.4. The fourth-order valence-corrected chi connectivity index (χ4v) is 4.24. The monoisotopic (exact) mass is 409 g/mol. The van der Waals surface area contributed by atoms with Gasteiger partial charge < -0.3 is 19.0 Å². The maximum atomic E-state index is 12.9. The van der Waals surface area contributed by atoms with Crippen LogP contribution in [0.15, 0.2) is 45.6 Å². The van der Waals surface area contributed by atoms with E-state index in [2.05, 4.69) is 11.8 Å². The largest absolute Gasteiger partial charge is 0.507 e. The number of methoxy groups -OCH3 is 2. The van der Waals surface area contributed by atoms with E-state index in [1.165, 1.54) is 6.42 Å². The van der Waals surface area contributed by atoms with Gasteiger partial charge in [0.1, 0.15) is 11.3 Å². The van der Waals surface area contributed by atoms with Crippen LogP contribution in [0.3, 0.4) is 0 Å². The van der Waals surface area contributed by atoms with Gasteiger partial charge in [0.25, 0.3) is 0 Å². The van der Waals surface area contributed by atoms with E-state index in [1.54, 1.807) is 44.6 Å². The first kappa shape index (κ1) is 20.3.